The number of halogens is 1. The standard InChI is InChI=1S/C20H23N3O4.C5H9FO/c1-13(19(24)23-10-2-3-11-23)12-16-8-9-17(26-16)20(25)27-15-6-4-14(5-7-15)18(21)22;1-4(7)5(2,3)6/h4-9,13H,2-3,10-12H2,1H3,(H3,21,22);1-3H3. The molecule has 3 rings (SSSR count). The molecule has 0 bridgehead atoms. The zero-order valence-electron chi connectivity index (χ0n) is 20.0. The minimum absolute atomic E-state index is 0.0545. The number of furan rings is 1. The van der Waals surface area contributed by atoms with Crippen molar-refractivity contribution in [2.24, 2.45) is 11.7 Å². The normalized spacial score (nSPS) is 14.1. The Kier molecular flexibility index (Phi) is 9.11. The topological polar surface area (TPSA) is 127 Å². The molecule has 2 heterocycles. The van der Waals surface area contributed by atoms with Crippen LogP contribution in [-0.2, 0) is 16.0 Å². The number of nitrogens with one attached hydrogen (secondary N) is 1. The number of esters is 1. The van der Waals surface area contributed by atoms with E-state index >= 15 is 0 Å². The Labute approximate surface area is 198 Å². The number of amides is 1. The molecule has 3 N–H and O–H groups in total. The Hall–Kier alpha value is -3.49. The van der Waals surface area contributed by atoms with Gasteiger partial charge in [-0.1, -0.05) is 6.92 Å². The van der Waals surface area contributed by atoms with Crippen LogP contribution in [0.2, 0.25) is 0 Å². The van der Waals surface area contributed by atoms with Gasteiger partial charge in [0.15, 0.2) is 11.5 Å². The van der Waals surface area contributed by atoms with Crippen LogP contribution in [0.5, 0.6) is 5.75 Å². The number of nitrogens with zero attached hydrogens (tertiary/aromatic N) is 1. The van der Waals surface area contributed by atoms with E-state index in [-0.39, 0.29) is 23.4 Å². The molecule has 1 aliphatic heterocycles. The number of ether oxygens (including phenoxy) is 1. The summed E-state index contributed by atoms with van der Waals surface area (Å²) in [5.74, 6) is -0.171. The molecule has 0 radical (unpaired) electrons. The first-order chi connectivity index (χ1) is 15.9. The van der Waals surface area contributed by atoms with Crippen LogP contribution in [0.3, 0.4) is 0 Å². The van der Waals surface area contributed by atoms with Crippen molar-refractivity contribution in [1.82, 2.24) is 4.90 Å². The van der Waals surface area contributed by atoms with Crippen LogP contribution < -0.4 is 10.5 Å². The molecule has 0 saturated carbocycles. The summed E-state index contributed by atoms with van der Waals surface area (Å²) in [4.78, 5) is 36.6. The Morgan fingerprint density at radius 3 is 2.21 bits per heavy atom. The van der Waals surface area contributed by atoms with Crippen molar-refractivity contribution in [2.75, 3.05) is 13.1 Å². The molecule has 1 atom stereocenters. The minimum atomic E-state index is -1.64. The zero-order chi connectivity index (χ0) is 25.5. The van der Waals surface area contributed by atoms with Gasteiger partial charge in [-0.15, -0.1) is 0 Å². The van der Waals surface area contributed by atoms with Crippen molar-refractivity contribution in [2.45, 2.75) is 52.6 Å². The molecule has 1 amide bonds. The zero-order valence-corrected chi connectivity index (χ0v) is 20.0. The van der Waals surface area contributed by atoms with E-state index in [1.54, 1.807) is 36.4 Å². The first kappa shape index (κ1) is 26.8. The monoisotopic (exact) mass is 473 g/mol. The van der Waals surface area contributed by atoms with Gasteiger partial charge >= 0.3 is 5.97 Å². The number of ketones is 1. The molecule has 2 aromatic rings. The van der Waals surface area contributed by atoms with Crippen molar-refractivity contribution < 1.29 is 27.9 Å². The Morgan fingerprint density at radius 1 is 1.15 bits per heavy atom. The molecular weight excluding hydrogens is 441 g/mol. The summed E-state index contributed by atoms with van der Waals surface area (Å²) < 4.78 is 23.0. The molecule has 1 unspecified atom stereocenters. The average Bonchev–Trinajstić information content (AvgIpc) is 3.46. The number of hydrogen-bond donors (Lipinski definition) is 2. The summed E-state index contributed by atoms with van der Waals surface area (Å²) in [5.41, 5.74) is 4.30. The number of Topliss-reactive ketones (excluding diaryl/α,β-unsaturated/α-hetero) is 1. The van der Waals surface area contributed by atoms with E-state index in [4.69, 9.17) is 20.3 Å². The van der Waals surface area contributed by atoms with E-state index in [1.807, 2.05) is 11.8 Å². The summed E-state index contributed by atoms with van der Waals surface area (Å²) in [5, 5.41) is 7.35. The van der Waals surface area contributed by atoms with Gasteiger partial charge in [0.1, 0.15) is 17.3 Å². The highest BCUT2D eigenvalue weighted by Crippen LogP contribution is 2.19. The number of rotatable bonds is 7. The van der Waals surface area contributed by atoms with Gasteiger partial charge in [-0.05, 0) is 70.0 Å². The third kappa shape index (κ3) is 7.83. The first-order valence-corrected chi connectivity index (χ1v) is 11.1. The number of carbonyl (C=O) groups excluding carboxylic acids is 3. The largest absolute Gasteiger partial charge is 0.454 e. The molecule has 0 spiro atoms. The number of amidine groups is 1. The van der Waals surface area contributed by atoms with Crippen LogP contribution in [0.4, 0.5) is 4.39 Å². The number of carbonyl (C=O) groups is 3. The Bertz CT molecular complexity index is 1020. The highest BCUT2D eigenvalue weighted by atomic mass is 19.1. The molecule has 9 heteroatoms. The van der Waals surface area contributed by atoms with Crippen molar-refractivity contribution >= 4 is 23.5 Å². The lowest BCUT2D eigenvalue weighted by molar-refractivity contribution is -0.134. The fraction of sp³-hybridized carbons (Fsp3) is 0.440. The number of hydrogen-bond acceptors (Lipinski definition) is 6. The fourth-order valence-electron chi connectivity index (χ4n) is 3.10. The molecule has 184 valence electrons. The van der Waals surface area contributed by atoms with E-state index in [0.29, 0.717) is 23.5 Å². The number of benzene rings is 1. The second-order valence-electron chi connectivity index (χ2n) is 8.76. The molecule has 1 aliphatic rings. The van der Waals surface area contributed by atoms with Gasteiger partial charge in [0.2, 0.25) is 11.7 Å². The van der Waals surface area contributed by atoms with Gasteiger partial charge in [0.25, 0.3) is 0 Å². The number of alkyl halides is 1. The summed E-state index contributed by atoms with van der Waals surface area (Å²) in [7, 11) is 0. The Morgan fingerprint density at radius 2 is 1.71 bits per heavy atom. The van der Waals surface area contributed by atoms with E-state index in [0.717, 1.165) is 25.9 Å². The lowest BCUT2D eigenvalue weighted by atomic mass is 10.1. The van der Waals surface area contributed by atoms with Crippen molar-refractivity contribution in [3.05, 3.63) is 53.5 Å². The van der Waals surface area contributed by atoms with Gasteiger partial charge in [-0.3, -0.25) is 15.0 Å². The molecule has 1 aromatic carbocycles. The molecule has 8 nitrogen and oxygen atoms in total. The fourth-order valence-corrected chi connectivity index (χ4v) is 3.10. The number of likely N-dealkylation sites (tertiary alicyclic amines) is 1. The van der Waals surface area contributed by atoms with Crippen LogP contribution in [0.1, 0.15) is 62.4 Å². The average molecular weight is 474 g/mol. The summed E-state index contributed by atoms with van der Waals surface area (Å²) in [6.07, 6.45) is 2.56. The predicted molar refractivity (Wildman–Crippen MR) is 126 cm³/mol. The maximum atomic E-state index is 12.4. The van der Waals surface area contributed by atoms with Crippen LogP contribution in [-0.4, -0.2) is 47.2 Å². The van der Waals surface area contributed by atoms with Crippen LogP contribution in [0, 0.1) is 11.3 Å². The summed E-state index contributed by atoms with van der Waals surface area (Å²) in [6, 6.07) is 9.58. The van der Waals surface area contributed by atoms with Crippen LogP contribution in [0.15, 0.2) is 40.8 Å². The van der Waals surface area contributed by atoms with Crippen molar-refractivity contribution in [3.8, 4) is 5.75 Å². The van der Waals surface area contributed by atoms with Crippen molar-refractivity contribution in [3.63, 3.8) is 0 Å². The van der Waals surface area contributed by atoms with Crippen molar-refractivity contribution in [1.29, 1.82) is 5.41 Å². The van der Waals surface area contributed by atoms with Crippen LogP contribution in [0.25, 0.3) is 0 Å². The van der Waals surface area contributed by atoms with Crippen LogP contribution >= 0.6 is 0 Å². The van der Waals surface area contributed by atoms with E-state index in [9.17, 15) is 18.8 Å². The van der Waals surface area contributed by atoms with E-state index in [1.165, 1.54) is 20.8 Å². The first-order valence-electron chi connectivity index (χ1n) is 11.1. The quantitative estimate of drug-likeness (QED) is 0.272. The molecule has 0 aliphatic carbocycles. The maximum Gasteiger partial charge on any atom is 0.379 e. The molecule has 1 saturated heterocycles. The smallest absolute Gasteiger partial charge is 0.379 e. The third-order valence-electron chi connectivity index (χ3n) is 5.42. The predicted octanol–water partition coefficient (Wildman–Crippen LogP) is 3.91. The number of nitrogens with two attached hydrogens (primary N) is 1. The third-order valence-corrected chi connectivity index (χ3v) is 5.42. The molecule has 1 aromatic heterocycles. The minimum Gasteiger partial charge on any atom is -0.454 e. The summed E-state index contributed by atoms with van der Waals surface area (Å²) >= 11 is 0. The molecular formula is C25H32FN3O5. The number of nitrogen functional groups attached to an aromatic ring is 1. The lowest BCUT2D eigenvalue weighted by Crippen LogP contribution is -2.33. The van der Waals surface area contributed by atoms with Gasteiger partial charge in [-0.2, -0.15) is 0 Å². The Balaban J connectivity index is 0.000000509. The molecule has 1 fully saturated rings. The van der Waals surface area contributed by atoms with Gasteiger partial charge < -0.3 is 19.8 Å². The summed E-state index contributed by atoms with van der Waals surface area (Å²) in [6.45, 7) is 7.24. The van der Waals surface area contributed by atoms with Gasteiger partial charge in [-0.25, -0.2) is 9.18 Å². The lowest BCUT2D eigenvalue weighted by Gasteiger charge is -2.19. The molecule has 34 heavy (non-hydrogen) atoms. The maximum absolute atomic E-state index is 12.4. The second-order valence-corrected chi connectivity index (χ2v) is 8.76. The van der Waals surface area contributed by atoms with E-state index < -0.39 is 17.4 Å². The van der Waals surface area contributed by atoms with Gasteiger partial charge in [0, 0.05) is 31.0 Å². The van der Waals surface area contributed by atoms with Gasteiger partial charge in [0.05, 0.1) is 0 Å². The van der Waals surface area contributed by atoms with E-state index in [2.05, 4.69) is 0 Å². The highest BCUT2D eigenvalue weighted by Gasteiger charge is 2.25. The SMILES string of the molecule is CC(=O)C(C)(C)F.CC(Cc1ccc(C(=O)Oc2ccc(C(=N)N)cc2)o1)C(=O)N1CCCC1. The highest BCUT2D eigenvalue weighted by molar-refractivity contribution is 5.95. The second kappa shape index (κ2) is 11.6.